The minimum atomic E-state index is -0.0612. The Hall–Kier alpha value is -5.28. The molecule has 3 aromatic heterocycles. The highest BCUT2D eigenvalue weighted by Crippen LogP contribution is 2.51. The Labute approximate surface area is 243 Å². The number of hydrogen-bond donors (Lipinski definition) is 0. The van der Waals surface area contributed by atoms with Crippen LogP contribution in [0.2, 0.25) is 0 Å². The molecule has 0 saturated carbocycles. The van der Waals surface area contributed by atoms with Gasteiger partial charge in [-0.1, -0.05) is 86.6 Å². The van der Waals surface area contributed by atoms with Gasteiger partial charge in [0.1, 0.15) is 0 Å². The summed E-state index contributed by atoms with van der Waals surface area (Å²) in [5.41, 5.74) is 13.2. The molecule has 0 aliphatic heterocycles. The Balaban J connectivity index is 1.32. The summed E-state index contributed by atoms with van der Waals surface area (Å²) in [4.78, 5) is 9.41. The van der Waals surface area contributed by atoms with Crippen molar-refractivity contribution < 1.29 is 0 Å². The number of fused-ring (bicyclic) bond motifs is 9. The summed E-state index contributed by atoms with van der Waals surface area (Å²) in [5.74, 6) is 0. The van der Waals surface area contributed by atoms with Gasteiger partial charge in [0.2, 0.25) is 0 Å². The van der Waals surface area contributed by atoms with E-state index in [-0.39, 0.29) is 5.41 Å². The van der Waals surface area contributed by atoms with Crippen LogP contribution in [0.15, 0.2) is 128 Å². The van der Waals surface area contributed by atoms with Crippen molar-refractivity contribution in [2.45, 2.75) is 19.3 Å². The molecule has 0 N–H and O–H groups in total. The zero-order valence-corrected chi connectivity index (χ0v) is 23.5. The minimum Gasteiger partial charge on any atom is -0.309 e. The molecule has 42 heavy (non-hydrogen) atoms. The van der Waals surface area contributed by atoms with Gasteiger partial charge in [0, 0.05) is 45.0 Å². The van der Waals surface area contributed by atoms with Gasteiger partial charge in [-0.25, -0.2) is 0 Å². The monoisotopic (exact) mass is 537 g/mol. The van der Waals surface area contributed by atoms with Crippen LogP contribution in [0.1, 0.15) is 25.0 Å². The van der Waals surface area contributed by atoms with Crippen LogP contribution in [0, 0.1) is 0 Å². The van der Waals surface area contributed by atoms with Gasteiger partial charge in [-0.15, -0.1) is 0 Å². The summed E-state index contributed by atoms with van der Waals surface area (Å²) in [6.45, 7) is 4.70. The highest BCUT2D eigenvalue weighted by molar-refractivity contribution is 6.13. The van der Waals surface area contributed by atoms with Gasteiger partial charge in [0.05, 0.1) is 22.1 Å². The molecule has 1 aliphatic rings. The molecule has 0 saturated heterocycles. The molecular formula is C39H27N3. The standard InChI is InChI=1S/C39H27N3/c1-39(2)32-16-5-3-13-28(32)30-21-31-29-14-4-6-18-35(29)42(36(31)22-33(30)39)26-12-7-10-24(20-26)27-15-8-11-25-23-41-34-17-9-19-40-38(34)37(25)27/h3-23H,1-2H3. The molecule has 0 fully saturated rings. The Morgan fingerprint density at radius 1 is 0.595 bits per heavy atom. The predicted octanol–water partition coefficient (Wildman–Crippen LogP) is 9.85. The van der Waals surface area contributed by atoms with E-state index in [0.29, 0.717) is 0 Å². The van der Waals surface area contributed by atoms with E-state index in [1.165, 1.54) is 49.6 Å². The number of rotatable bonds is 2. The molecule has 1 aliphatic carbocycles. The minimum absolute atomic E-state index is 0.0612. The van der Waals surface area contributed by atoms with E-state index >= 15 is 0 Å². The Kier molecular flexibility index (Phi) is 4.67. The van der Waals surface area contributed by atoms with Crippen LogP contribution in [0.4, 0.5) is 0 Å². The summed E-state index contributed by atoms with van der Waals surface area (Å²) in [6.07, 6.45) is 3.81. The summed E-state index contributed by atoms with van der Waals surface area (Å²) >= 11 is 0. The van der Waals surface area contributed by atoms with Gasteiger partial charge in [-0.2, -0.15) is 0 Å². The van der Waals surface area contributed by atoms with E-state index in [2.05, 4.69) is 127 Å². The maximum atomic E-state index is 4.75. The van der Waals surface area contributed by atoms with Crippen molar-refractivity contribution in [1.82, 2.24) is 14.5 Å². The van der Waals surface area contributed by atoms with E-state index in [4.69, 9.17) is 4.98 Å². The maximum Gasteiger partial charge on any atom is 0.0971 e. The van der Waals surface area contributed by atoms with Crippen LogP contribution >= 0.6 is 0 Å². The first-order valence-corrected chi connectivity index (χ1v) is 14.5. The molecule has 0 amide bonds. The molecule has 3 nitrogen and oxygen atoms in total. The van der Waals surface area contributed by atoms with Crippen molar-refractivity contribution in [2.24, 2.45) is 0 Å². The van der Waals surface area contributed by atoms with Gasteiger partial charge in [-0.05, 0) is 75.8 Å². The van der Waals surface area contributed by atoms with Gasteiger partial charge in [0.15, 0.2) is 0 Å². The van der Waals surface area contributed by atoms with E-state index < -0.39 is 0 Å². The van der Waals surface area contributed by atoms with Crippen LogP contribution in [-0.2, 0) is 5.41 Å². The SMILES string of the molecule is CC1(C)c2ccccc2-c2cc3c4ccccc4n(-c4cccc(-c5cccc6cnc7cccnc7c56)c4)c3cc21. The number of hydrogen-bond acceptors (Lipinski definition) is 2. The largest absolute Gasteiger partial charge is 0.309 e. The Bertz CT molecular complexity index is 2390. The molecule has 0 spiro atoms. The highest BCUT2D eigenvalue weighted by atomic mass is 15.0. The van der Waals surface area contributed by atoms with Crippen LogP contribution in [0.25, 0.3) is 71.6 Å². The smallest absolute Gasteiger partial charge is 0.0971 e. The fourth-order valence-electron chi connectivity index (χ4n) is 7.27. The Morgan fingerprint density at radius 3 is 2.38 bits per heavy atom. The van der Waals surface area contributed by atoms with Gasteiger partial charge >= 0.3 is 0 Å². The number of aromatic nitrogens is 3. The average molecular weight is 538 g/mol. The summed E-state index contributed by atoms with van der Waals surface area (Å²) in [6, 6.07) is 41.9. The van der Waals surface area contributed by atoms with Crippen LogP contribution in [0.5, 0.6) is 0 Å². The van der Waals surface area contributed by atoms with Gasteiger partial charge in [0.25, 0.3) is 0 Å². The van der Waals surface area contributed by atoms with Crippen LogP contribution in [-0.4, -0.2) is 14.5 Å². The molecule has 198 valence electrons. The second-order valence-electron chi connectivity index (χ2n) is 11.9. The summed E-state index contributed by atoms with van der Waals surface area (Å²) in [7, 11) is 0. The quantitative estimate of drug-likeness (QED) is 0.205. The lowest BCUT2D eigenvalue weighted by Crippen LogP contribution is -2.14. The number of para-hydroxylation sites is 1. The Morgan fingerprint density at radius 2 is 1.43 bits per heavy atom. The third-order valence-corrected chi connectivity index (χ3v) is 9.25. The predicted molar refractivity (Wildman–Crippen MR) is 174 cm³/mol. The van der Waals surface area contributed by atoms with Gasteiger partial charge in [-0.3, -0.25) is 9.97 Å². The van der Waals surface area contributed by atoms with Gasteiger partial charge < -0.3 is 4.57 Å². The molecular weight excluding hydrogens is 510 g/mol. The summed E-state index contributed by atoms with van der Waals surface area (Å²) in [5, 5.41) is 4.79. The van der Waals surface area contributed by atoms with Crippen molar-refractivity contribution in [3.63, 3.8) is 0 Å². The normalized spacial score (nSPS) is 13.7. The van der Waals surface area contributed by atoms with E-state index in [1.54, 1.807) is 0 Å². The van der Waals surface area contributed by atoms with Crippen molar-refractivity contribution in [3.05, 3.63) is 139 Å². The molecule has 5 aromatic carbocycles. The maximum absolute atomic E-state index is 4.75. The van der Waals surface area contributed by atoms with E-state index in [0.717, 1.165) is 33.1 Å². The second kappa shape index (κ2) is 8.37. The fraction of sp³-hybridized carbons (Fsp3) is 0.0769. The first kappa shape index (κ1) is 23.4. The molecule has 0 radical (unpaired) electrons. The third kappa shape index (κ3) is 3.11. The molecule has 0 unspecified atom stereocenters. The van der Waals surface area contributed by atoms with E-state index in [9.17, 15) is 0 Å². The molecule has 0 bridgehead atoms. The zero-order chi connectivity index (χ0) is 28.0. The molecule has 0 atom stereocenters. The molecule has 8 aromatic rings. The molecule has 3 heterocycles. The lowest BCUT2D eigenvalue weighted by atomic mass is 9.82. The zero-order valence-electron chi connectivity index (χ0n) is 23.5. The lowest BCUT2D eigenvalue weighted by Gasteiger charge is -2.21. The van der Waals surface area contributed by atoms with Crippen molar-refractivity contribution in [3.8, 4) is 27.9 Å². The van der Waals surface area contributed by atoms with E-state index in [1.807, 2.05) is 24.5 Å². The third-order valence-electron chi connectivity index (χ3n) is 9.25. The second-order valence-corrected chi connectivity index (χ2v) is 11.9. The highest BCUT2D eigenvalue weighted by Gasteiger charge is 2.36. The fourth-order valence-corrected chi connectivity index (χ4v) is 7.27. The van der Waals surface area contributed by atoms with Crippen LogP contribution in [0.3, 0.4) is 0 Å². The van der Waals surface area contributed by atoms with Crippen molar-refractivity contribution >= 4 is 43.6 Å². The number of nitrogens with zero attached hydrogens (tertiary/aromatic N) is 3. The number of benzene rings is 5. The average Bonchev–Trinajstić information content (AvgIpc) is 3.48. The first-order chi connectivity index (χ1) is 20.6. The van der Waals surface area contributed by atoms with Crippen LogP contribution < -0.4 is 0 Å². The number of pyridine rings is 2. The topological polar surface area (TPSA) is 30.7 Å². The molecule has 3 heteroatoms. The first-order valence-electron chi connectivity index (χ1n) is 14.5. The van der Waals surface area contributed by atoms with Crippen molar-refractivity contribution in [1.29, 1.82) is 0 Å². The lowest BCUT2D eigenvalue weighted by molar-refractivity contribution is 0.661. The summed E-state index contributed by atoms with van der Waals surface area (Å²) < 4.78 is 2.44. The molecule has 9 rings (SSSR count). The van der Waals surface area contributed by atoms with Crippen molar-refractivity contribution in [2.75, 3.05) is 0 Å².